The number of benzene rings is 1. The third-order valence-electron chi connectivity index (χ3n) is 3.28. The number of amides is 3. The first-order valence-electron chi connectivity index (χ1n) is 7.30. The fourth-order valence-electron chi connectivity index (χ4n) is 2.05. The van der Waals surface area contributed by atoms with E-state index in [0.29, 0.717) is 17.5 Å². The predicted molar refractivity (Wildman–Crippen MR) is 90.7 cm³/mol. The Labute approximate surface area is 143 Å². The van der Waals surface area contributed by atoms with Crippen LogP contribution in [0.5, 0.6) is 5.75 Å². The fourth-order valence-corrected chi connectivity index (χ4v) is 2.96. The maximum atomic E-state index is 11.8. The van der Waals surface area contributed by atoms with Crippen molar-refractivity contribution in [1.82, 2.24) is 20.1 Å². The van der Waals surface area contributed by atoms with Gasteiger partial charge in [-0.3, -0.25) is 10.1 Å². The lowest BCUT2D eigenvalue weighted by atomic mass is 10.2. The largest absolute Gasteiger partial charge is 0.497 e. The number of hydrogen-bond acceptors (Lipinski definition) is 6. The molecule has 2 rings (SSSR count). The van der Waals surface area contributed by atoms with Crippen molar-refractivity contribution in [2.24, 2.45) is 5.73 Å². The summed E-state index contributed by atoms with van der Waals surface area (Å²) in [6, 6.07) is 6.61. The molecule has 1 aromatic carbocycles. The number of ether oxygens (including phenoxy) is 1. The Kier molecular flexibility index (Phi) is 5.80. The summed E-state index contributed by atoms with van der Waals surface area (Å²) in [5, 5.41) is 10.5. The molecule has 1 atom stereocenters. The molecule has 24 heavy (non-hydrogen) atoms. The Hall–Kier alpha value is -2.55. The molecule has 8 nitrogen and oxygen atoms in total. The van der Waals surface area contributed by atoms with E-state index >= 15 is 0 Å². The van der Waals surface area contributed by atoms with Gasteiger partial charge in [0.15, 0.2) is 11.0 Å². The minimum Gasteiger partial charge on any atom is -0.497 e. The van der Waals surface area contributed by atoms with E-state index in [2.05, 4.69) is 15.5 Å². The fraction of sp³-hybridized carbons (Fsp3) is 0.333. The normalized spacial score (nSPS) is 11.8. The molecule has 0 spiro atoms. The maximum absolute atomic E-state index is 11.8. The van der Waals surface area contributed by atoms with Gasteiger partial charge < -0.3 is 15.0 Å². The highest BCUT2D eigenvalue weighted by atomic mass is 32.2. The van der Waals surface area contributed by atoms with Crippen molar-refractivity contribution in [3.8, 4) is 17.1 Å². The molecule has 128 valence electrons. The Balaban J connectivity index is 2.22. The Morgan fingerprint density at radius 3 is 2.54 bits per heavy atom. The molecule has 0 saturated heterocycles. The number of carbonyl (C=O) groups excluding carboxylic acids is 2. The van der Waals surface area contributed by atoms with Crippen molar-refractivity contribution in [3.63, 3.8) is 0 Å². The van der Waals surface area contributed by atoms with Crippen molar-refractivity contribution < 1.29 is 14.3 Å². The van der Waals surface area contributed by atoms with Gasteiger partial charge in [0.05, 0.1) is 12.4 Å². The van der Waals surface area contributed by atoms with Crippen LogP contribution in [0.2, 0.25) is 0 Å². The van der Waals surface area contributed by atoms with Gasteiger partial charge in [-0.2, -0.15) is 0 Å². The van der Waals surface area contributed by atoms with Gasteiger partial charge in [-0.15, -0.1) is 10.2 Å². The molecule has 0 aliphatic heterocycles. The van der Waals surface area contributed by atoms with E-state index in [0.717, 1.165) is 11.3 Å². The molecule has 0 fully saturated rings. The number of carbonyl (C=O) groups is 2. The van der Waals surface area contributed by atoms with Gasteiger partial charge in [-0.1, -0.05) is 11.8 Å². The van der Waals surface area contributed by atoms with Crippen LogP contribution in [0.1, 0.15) is 13.8 Å². The van der Waals surface area contributed by atoms with Crippen molar-refractivity contribution >= 4 is 23.7 Å². The van der Waals surface area contributed by atoms with Crippen LogP contribution >= 0.6 is 11.8 Å². The molecule has 1 aromatic heterocycles. The summed E-state index contributed by atoms with van der Waals surface area (Å²) in [7, 11) is 1.61. The van der Waals surface area contributed by atoms with Gasteiger partial charge in [0.2, 0.25) is 5.91 Å². The highest BCUT2D eigenvalue weighted by molar-refractivity contribution is 8.00. The average molecular weight is 349 g/mol. The lowest BCUT2D eigenvalue weighted by Crippen LogP contribution is -2.39. The zero-order chi connectivity index (χ0) is 17.7. The van der Waals surface area contributed by atoms with Crippen LogP contribution in [-0.2, 0) is 11.3 Å². The van der Waals surface area contributed by atoms with Crippen LogP contribution in [0.25, 0.3) is 11.4 Å². The molecule has 0 radical (unpaired) electrons. The maximum Gasteiger partial charge on any atom is 0.318 e. The highest BCUT2D eigenvalue weighted by Crippen LogP contribution is 2.27. The third-order valence-corrected chi connectivity index (χ3v) is 4.36. The SMILES string of the molecule is CCn1c(S[C@H](C)C(=O)NC(N)=O)nnc1-c1ccc(OC)cc1. The molecular weight excluding hydrogens is 330 g/mol. The van der Waals surface area contributed by atoms with Crippen LogP contribution < -0.4 is 15.8 Å². The van der Waals surface area contributed by atoms with Gasteiger partial charge >= 0.3 is 6.03 Å². The summed E-state index contributed by atoms with van der Waals surface area (Å²) in [6.45, 7) is 4.28. The first-order chi connectivity index (χ1) is 11.5. The highest BCUT2D eigenvalue weighted by Gasteiger charge is 2.21. The zero-order valence-electron chi connectivity index (χ0n) is 13.6. The number of nitrogens with two attached hydrogens (primary N) is 1. The monoisotopic (exact) mass is 349 g/mol. The van der Waals surface area contributed by atoms with Crippen LogP contribution in [0.15, 0.2) is 29.4 Å². The molecule has 0 aliphatic rings. The Bertz CT molecular complexity index is 729. The number of nitrogens with zero attached hydrogens (tertiary/aromatic N) is 3. The van der Waals surface area contributed by atoms with Crippen LogP contribution in [0.3, 0.4) is 0 Å². The summed E-state index contributed by atoms with van der Waals surface area (Å²) in [5.41, 5.74) is 5.86. The zero-order valence-corrected chi connectivity index (χ0v) is 14.5. The average Bonchev–Trinajstić information content (AvgIpc) is 2.96. The minimum atomic E-state index is -0.872. The Morgan fingerprint density at radius 1 is 1.33 bits per heavy atom. The Morgan fingerprint density at radius 2 is 2.00 bits per heavy atom. The second kappa shape index (κ2) is 7.82. The molecule has 1 heterocycles. The van der Waals surface area contributed by atoms with Crippen LogP contribution in [0, 0.1) is 0 Å². The van der Waals surface area contributed by atoms with Gasteiger partial charge in [0.1, 0.15) is 5.75 Å². The molecule has 0 unspecified atom stereocenters. The van der Waals surface area contributed by atoms with Gasteiger partial charge in [-0.25, -0.2) is 4.79 Å². The topological polar surface area (TPSA) is 112 Å². The summed E-state index contributed by atoms with van der Waals surface area (Å²) in [5.74, 6) is 0.988. The number of nitrogens with one attached hydrogen (secondary N) is 1. The standard InChI is InChI=1S/C15H19N5O3S/c1-4-20-12(10-5-7-11(23-3)8-6-10)18-19-15(20)24-9(2)13(21)17-14(16)22/h5-9H,4H2,1-3H3,(H3,16,17,21,22)/t9-/m1/s1. The number of imide groups is 1. The lowest BCUT2D eigenvalue weighted by molar-refractivity contribution is -0.119. The molecule has 0 bridgehead atoms. The first kappa shape index (κ1) is 17.8. The molecular formula is C15H19N5O3S. The van der Waals surface area contributed by atoms with Crippen LogP contribution in [-0.4, -0.2) is 39.1 Å². The van der Waals surface area contributed by atoms with Gasteiger partial charge in [0, 0.05) is 12.1 Å². The summed E-state index contributed by atoms with van der Waals surface area (Å²) < 4.78 is 7.05. The number of thioether (sulfide) groups is 1. The predicted octanol–water partition coefficient (Wildman–Crippen LogP) is 1.65. The first-order valence-corrected chi connectivity index (χ1v) is 8.18. The van der Waals surface area contributed by atoms with E-state index in [1.54, 1.807) is 14.0 Å². The number of urea groups is 1. The molecule has 0 aliphatic carbocycles. The van der Waals surface area contributed by atoms with E-state index in [1.807, 2.05) is 35.8 Å². The number of aromatic nitrogens is 3. The summed E-state index contributed by atoms with van der Waals surface area (Å²) in [6.07, 6.45) is 0. The van der Waals surface area contributed by atoms with Crippen molar-refractivity contribution in [3.05, 3.63) is 24.3 Å². The molecule has 9 heteroatoms. The second-order valence-corrected chi connectivity index (χ2v) is 6.20. The molecule has 3 N–H and O–H groups in total. The van der Waals surface area contributed by atoms with E-state index in [1.165, 1.54) is 11.8 Å². The molecule has 0 saturated carbocycles. The molecule has 2 aromatic rings. The summed E-state index contributed by atoms with van der Waals surface area (Å²) in [4.78, 5) is 22.6. The van der Waals surface area contributed by atoms with Gasteiger partial charge in [-0.05, 0) is 38.1 Å². The van der Waals surface area contributed by atoms with E-state index < -0.39 is 17.2 Å². The lowest BCUT2D eigenvalue weighted by Gasteiger charge is -2.11. The summed E-state index contributed by atoms with van der Waals surface area (Å²) >= 11 is 1.21. The quantitative estimate of drug-likeness (QED) is 0.767. The van der Waals surface area contributed by atoms with E-state index in [-0.39, 0.29) is 0 Å². The number of primary amides is 1. The third kappa shape index (κ3) is 4.05. The van der Waals surface area contributed by atoms with Crippen molar-refractivity contribution in [2.45, 2.75) is 30.8 Å². The number of rotatable bonds is 6. The van der Waals surface area contributed by atoms with Crippen molar-refractivity contribution in [2.75, 3.05) is 7.11 Å². The number of methoxy groups -OCH3 is 1. The van der Waals surface area contributed by atoms with Crippen LogP contribution in [0.4, 0.5) is 4.79 Å². The van der Waals surface area contributed by atoms with Crippen molar-refractivity contribution in [1.29, 1.82) is 0 Å². The van der Waals surface area contributed by atoms with E-state index in [4.69, 9.17) is 10.5 Å². The smallest absolute Gasteiger partial charge is 0.318 e. The minimum absolute atomic E-state index is 0.468. The van der Waals surface area contributed by atoms with Gasteiger partial charge in [0.25, 0.3) is 0 Å². The second-order valence-electron chi connectivity index (χ2n) is 4.89. The van der Waals surface area contributed by atoms with E-state index in [9.17, 15) is 9.59 Å². The number of hydrogen-bond donors (Lipinski definition) is 2. The molecule has 3 amide bonds.